The number of benzene rings is 3. The molecule has 4 aromatic rings. The molecule has 0 spiro atoms. The van der Waals surface area contributed by atoms with Crippen LogP contribution in [0.1, 0.15) is 18.0 Å². The van der Waals surface area contributed by atoms with Gasteiger partial charge in [-0.2, -0.15) is 5.26 Å². The number of nitriles is 1. The summed E-state index contributed by atoms with van der Waals surface area (Å²) in [4.78, 5) is 13.8. The molecule has 152 valence electrons. The van der Waals surface area contributed by atoms with Gasteiger partial charge in [0.2, 0.25) is 5.91 Å². The van der Waals surface area contributed by atoms with Crippen LogP contribution in [0, 0.1) is 11.3 Å². The van der Waals surface area contributed by atoms with E-state index >= 15 is 0 Å². The van der Waals surface area contributed by atoms with Crippen molar-refractivity contribution in [3.63, 3.8) is 0 Å². The quantitative estimate of drug-likeness (QED) is 0.486. The van der Waals surface area contributed by atoms with Crippen LogP contribution in [-0.4, -0.2) is 33.6 Å². The van der Waals surface area contributed by atoms with Gasteiger partial charge in [-0.05, 0) is 58.7 Å². The minimum absolute atomic E-state index is 0.0579. The fourth-order valence-corrected chi connectivity index (χ4v) is 4.65. The van der Waals surface area contributed by atoms with Crippen molar-refractivity contribution in [3.05, 3.63) is 79.0 Å². The van der Waals surface area contributed by atoms with E-state index in [1.165, 1.54) is 6.08 Å². The number of phenols is 1. The predicted molar refractivity (Wildman–Crippen MR) is 122 cm³/mol. The Morgan fingerprint density at radius 3 is 2.81 bits per heavy atom. The Kier molecular flexibility index (Phi) is 4.48. The van der Waals surface area contributed by atoms with Crippen LogP contribution in [0.5, 0.6) is 5.75 Å². The first-order chi connectivity index (χ1) is 15.1. The van der Waals surface area contributed by atoms with Crippen LogP contribution in [0.4, 0.5) is 0 Å². The molecule has 1 unspecified atom stereocenters. The minimum Gasteiger partial charge on any atom is -0.508 e. The topological polar surface area (TPSA) is 69.3 Å². The number of hydrogen-bond acceptors (Lipinski definition) is 3. The second kappa shape index (κ2) is 7.33. The molecular formula is C26H21N3O2. The first-order valence-corrected chi connectivity index (χ1v) is 10.3. The Morgan fingerprint density at radius 1 is 1.16 bits per heavy atom. The molecule has 5 rings (SSSR count). The molecule has 1 N–H and O–H groups in total. The van der Waals surface area contributed by atoms with Gasteiger partial charge >= 0.3 is 0 Å². The van der Waals surface area contributed by atoms with Gasteiger partial charge in [0, 0.05) is 30.2 Å². The molecule has 1 aliphatic heterocycles. The molecule has 2 heterocycles. The molecule has 1 saturated heterocycles. The molecule has 1 fully saturated rings. The maximum absolute atomic E-state index is 12.0. The summed E-state index contributed by atoms with van der Waals surface area (Å²) in [5, 5.41) is 22.9. The lowest BCUT2D eigenvalue weighted by atomic mass is 9.96. The molecule has 1 aliphatic rings. The second-order valence-electron chi connectivity index (χ2n) is 7.94. The van der Waals surface area contributed by atoms with Crippen LogP contribution in [0.25, 0.3) is 32.8 Å². The molecule has 5 heteroatoms. The number of phenolic OH excluding ortho intramolecular Hbond substituents is 1. The number of fused-ring (bicyclic) bond motifs is 2. The lowest BCUT2D eigenvalue weighted by Crippen LogP contribution is -2.27. The predicted octanol–water partition coefficient (Wildman–Crippen LogP) is 5.00. The summed E-state index contributed by atoms with van der Waals surface area (Å²) in [5.74, 6) is 0.155. The van der Waals surface area contributed by atoms with Crippen molar-refractivity contribution in [1.29, 1.82) is 5.26 Å². The van der Waals surface area contributed by atoms with Crippen molar-refractivity contribution in [2.75, 3.05) is 13.1 Å². The maximum Gasteiger partial charge on any atom is 0.246 e. The highest BCUT2D eigenvalue weighted by Gasteiger charge is 2.27. The highest BCUT2D eigenvalue weighted by molar-refractivity contribution is 6.00. The van der Waals surface area contributed by atoms with Crippen LogP contribution in [0.3, 0.4) is 0 Å². The van der Waals surface area contributed by atoms with Gasteiger partial charge in [0.15, 0.2) is 0 Å². The Labute approximate surface area is 180 Å². The molecule has 1 aromatic heterocycles. The Balaban J connectivity index is 1.62. The third kappa shape index (κ3) is 3.13. The Bertz CT molecular complexity index is 1390. The molecule has 0 radical (unpaired) electrons. The van der Waals surface area contributed by atoms with E-state index in [0.29, 0.717) is 18.7 Å². The van der Waals surface area contributed by atoms with E-state index in [4.69, 9.17) is 0 Å². The third-order valence-corrected chi connectivity index (χ3v) is 6.15. The zero-order valence-electron chi connectivity index (χ0n) is 17.0. The summed E-state index contributed by atoms with van der Waals surface area (Å²) in [6, 6.07) is 20.0. The highest BCUT2D eigenvalue weighted by Crippen LogP contribution is 2.36. The average molecular weight is 407 g/mol. The summed E-state index contributed by atoms with van der Waals surface area (Å²) >= 11 is 0. The smallest absolute Gasteiger partial charge is 0.246 e. The second-order valence-corrected chi connectivity index (χ2v) is 7.94. The van der Waals surface area contributed by atoms with Crippen LogP contribution < -0.4 is 0 Å². The van der Waals surface area contributed by atoms with Gasteiger partial charge in [-0.3, -0.25) is 4.79 Å². The van der Waals surface area contributed by atoms with E-state index in [1.54, 1.807) is 17.0 Å². The Hall–Kier alpha value is -4.04. The minimum atomic E-state index is -0.0579. The number of nitrogens with zero attached hydrogens (tertiary/aromatic N) is 3. The van der Waals surface area contributed by atoms with Crippen LogP contribution in [0.2, 0.25) is 0 Å². The van der Waals surface area contributed by atoms with Gasteiger partial charge in [0.05, 0.1) is 11.6 Å². The number of carbonyl (C=O) groups is 1. The summed E-state index contributed by atoms with van der Waals surface area (Å²) in [6.45, 7) is 4.87. The van der Waals surface area contributed by atoms with Crippen molar-refractivity contribution in [2.45, 2.75) is 12.5 Å². The van der Waals surface area contributed by atoms with E-state index in [0.717, 1.165) is 39.2 Å². The van der Waals surface area contributed by atoms with E-state index in [9.17, 15) is 15.2 Å². The third-order valence-electron chi connectivity index (χ3n) is 6.15. The van der Waals surface area contributed by atoms with Crippen molar-refractivity contribution < 1.29 is 9.90 Å². The van der Waals surface area contributed by atoms with Crippen LogP contribution in [-0.2, 0) is 4.79 Å². The van der Waals surface area contributed by atoms with Crippen LogP contribution in [0.15, 0.2) is 73.4 Å². The normalized spacial score (nSPS) is 16.0. The first-order valence-electron chi connectivity index (χ1n) is 10.3. The summed E-state index contributed by atoms with van der Waals surface area (Å²) in [6.07, 6.45) is 4.08. The standard InChI is InChI=1S/C26H21N3O2/c1-2-26(31)28-10-9-20(16-28)29-15-19(14-27)24-12-18(7-8-25(24)29)23-13-21(30)11-17-5-3-4-6-22(17)23/h2-8,11-13,15,20,30H,1,9-10,16H2. The average Bonchev–Trinajstić information content (AvgIpc) is 3.42. The number of hydrogen-bond donors (Lipinski definition) is 1. The zero-order valence-corrected chi connectivity index (χ0v) is 17.0. The number of aromatic hydroxyl groups is 1. The lowest BCUT2D eigenvalue weighted by molar-refractivity contribution is -0.125. The highest BCUT2D eigenvalue weighted by atomic mass is 16.3. The van der Waals surface area contributed by atoms with Gasteiger partial charge in [-0.1, -0.05) is 36.9 Å². The van der Waals surface area contributed by atoms with Crippen molar-refractivity contribution in [3.8, 4) is 22.9 Å². The first kappa shape index (κ1) is 19.0. The molecule has 5 nitrogen and oxygen atoms in total. The number of rotatable bonds is 3. The van der Waals surface area contributed by atoms with Crippen molar-refractivity contribution in [1.82, 2.24) is 9.47 Å². The molecule has 0 aliphatic carbocycles. The molecular weight excluding hydrogens is 386 g/mol. The van der Waals surface area contributed by atoms with Crippen molar-refractivity contribution >= 4 is 27.6 Å². The van der Waals surface area contributed by atoms with Gasteiger partial charge in [-0.15, -0.1) is 0 Å². The van der Waals surface area contributed by atoms with Gasteiger partial charge in [-0.25, -0.2) is 0 Å². The molecule has 31 heavy (non-hydrogen) atoms. The fourth-order valence-electron chi connectivity index (χ4n) is 4.65. The van der Waals surface area contributed by atoms with Crippen LogP contribution >= 0.6 is 0 Å². The van der Waals surface area contributed by atoms with Gasteiger partial charge < -0.3 is 14.6 Å². The van der Waals surface area contributed by atoms with Gasteiger partial charge in [0.25, 0.3) is 0 Å². The van der Waals surface area contributed by atoms with E-state index in [-0.39, 0.29) is 17.7 Å². The molecule has 3 aromatic carbocycles. The van der Waals surface area contributed by atoms with Gasteiger partial charge in [0.1, 0.15) is 11.8 Å². The Morgan fingerprint density at radius 2 is 2.00 bits per heavy atom. The van der Waals surface area contributed by atoms with Crippen molar-refractivity contribution in [2.24, 2.45) is 0 Å². The summed E-state index contributed by atoms with van der Waals surface area (Å²) in [5.41, 5.74) is 3.46. The molecule has 1 amide bonds. The monoisotopic (exact) mass is 407 g/mol. The SMILES string of the molecule is C=CC(=O)N1CCC(n2cc(C#N)c3cc(-c4cc(O)cc5ccccc45)ccc32)C1. The summed E-state index contributed by atoms with van der Waals surface area (Å²) < 4.78 is 2.12. The molecule has 0 bridgehead atoms. The fraction of sp³-hybridized carbons (Fsp3) is 0.154. The van der Waals surface area contributed by atoms with E-state index in [2.05, 4.69) is 17.2 Å². The lowest BCUT2D eigenvalue weighted by Gasteiger charge is -2.16. The van der Waals surface area contributed by atoms with E-state index in [1.807, 2.05) is 48.7 Å². The zero-order chi connectivity index (χ0) is 21.5. The number of carbonyl (C=O) groups excluding carboxylic acids is 1. The molecule has 0 saturated carbocycles. The maximum atomic E-state index is 12.0. The number of aromatic nitrogens is 1. The van der Waals surface area contributed by atoms with E-state index < -0.39 is 0 Å². The largest absolute Gasteiger partial charge is 0.508 e. The number of amides is 1. The number of likely N-dealkylation sites (tertiary alicyclic amines) is 1. The molecule has 1 atom stereocenters. The summed E-state index contributed by atoms with van der Waals surface area (Å²) in [7, 11) is 0.